The van der Waals surface area contributed by atoms with E-state index in [-0.39, 0.29) is 0 Å². The third-order valence-corrected chi connectivity index (χ3v) is 4.57. The summed E-state index contributed by atoms with van der Waals surface area (Å²) in [4.78, 5) is 18.2. The van der Waals surface area contributed by atoms with E-state index < -0.39 is 0 Å². The fraction of sp³-hybridized carbons (Fsp3) is 0.316. The SMILES string of the molecule is COc1cccc(CN2CCN(c3ncnc4ccccc34)CC2)n1. The van der Waals surface area contributed by atoms with Crippen LogP contribution in [0.2, 0.25) is 0 Å². The molecule has 6 nitrogen and oxygen atoms in total. The first kappa shape index (κ1) is 15.8. The fourth-order valence-corrected chi connectivity index (χ4v) is 3.25. The van der Waals surface area contributed by atoms with Crippen LogP contribution in [0.4, 0.5) is 5.82 Å². The van der Waals surface area contributed by atoms with Crippen molar-refractivity contribution >= 4 is 16.7 Å². The number of piperazine rings is 1. The molecule has 3 heterocycles. The second kappa shape index (κ2) is 7.03. The molecule has 1 fully saturated rings. The number of rotatable bonds is 4. The minimum Gasteiger partial charge on any atom is -0.481 e. The Balaban J connectivity index is 1.44. The number of benzene rings is 1. The first-order valence-corrected chi connectivity index (χ1v) is 8.50. The predicted molar refractivity (Wildman–Crippen MR) is 97.8 cm³/mol. The minimum atomic E-state index is 0.670. The van der Waals surface area contributed by atoms with E-state index >= 15 is 0 Å². The standard InChI is InChI=1S/C19H21N5O/c1-25-18-8-4-5-15(22-18)13-23-9-11-24(12-10-23)19-16-6-2-3-7-17(16)20-14-21-19/h2-8,14H,9-13H2,1H3. The molecule has 1 aromatic carbocycles. The Morgan fingerprint density at radius 1 is 0.960 bits per heavy atom. The molecule has 0 unspecified atom stereocenters. The molecule has 1 aliphatic heterocycles. The summed E-state index contributed by atoms with van der Waals surface area (Å²) in [5.41, 5.74) is 2.04. The van der Waals surface area contributed by atoms with Crippen LogP contribution in [0, 0.1) is 0 Å². The highest BCUT2D eigenvalue weighted by molar-refractivity contribution is 5.89. The van der Waals surface area contributed by atoms with Crippen molar-refractivity contribution in [3.63, 3.8) is 0 Å². The number of hydrogen-bond acceptors (Lipinski definition) is 6. The van der Waals surface area contributed by atoms with Gasteiger partial charge in [0, 0.05) is 44.2 Å². The van der Waals surface area contributed by atoms with Gasteiger partial charge in [-0.1, -0.05) is 18.2 Å². The molecule has 128 valence electrons. The summed E-state index contributed by atoms with van der Waals surface area (Å²) in [5, 5.41) is 1.12. The number of pyridine rings is 1. The van der Waals surface area contributed by atoms with E-state index in [0.29, 0.717) is 5.88 Å². The molecule has 2 aromatic heterocycles. The van der Waals surface area contributed by atoms with Crippen LogP contribution >= 0.6 is 0 Å². The molecule has 1 saturated heterocycles. The van der Waals surface area contributed by atoms with Crippen LogP contribution in [0.5, 0.6) is 5.88 Å². The van der Waals surface area contributed by atoms with Crippen LogP contribution in [0.3, 0.4) is 0 Å². The van der Waals surface area contributed by atoms with E-state index in [0.717, 1.165) is 55.1 Å². The number of methoxy groups -OCH3 is 1. The Labute approximate surface area is 147 Å². The van der Waals surface area contributed by atoms with Crippen LogP contribution < -0.4 is 9.64 Å². The van der Waals surface area contributed by atoms with Crippen LogP contribution in [-0.2, 0) is 6.54 Å². The average molecular weight is 335 g/mol. The number of ether oxygens (including phenoxy) is 1. The highest BCUT2D eigenvalue weighted by atomic mass is 16.5. The number of fused-ring (bicyclic) bond motifs is 1. The molecule has 6 heteroatoms. The van der Waals surface area contributed by atoms with E-state index in [9.17, 15) is 0 Å². The van der Waals surface area contributed by atoms with Crippen molar-refractivity contribution in [1.29, 1.82) is 0 Å². The normalized spacial score (nSPS) is 15.5. The van der Waals surface area contributed by atoms with E-state index in [4.69, 9.17) is 4.74 Å². The molecule has 0 N–H and O–H groups in total. The third-order valence-electron chi connectivity index (χ3n) is 4.57. The summed E-state index contributed by atoms with van der Waals surface area (Å²) in [5.74, 6) is 1.70. The molecular formula is C19H21N5O. The van der Waals surface area contributed by atoms with E-state index in [1.54, 1.807) is 13.4 Å². The molecule has 0 saturated carbocycles. The number of hydrogen-bond donors (Lipinski definition) is 0. The van der Waals surface area contributed by atoms with Crippen molar-refractivity contribution in [3.05, 3.63) is 54.5 Å². The van der Waals surface area contributed by atoms with Gasteiger partial charge in [-0.25, -0.2) is 15.0 Å². The van der Waals surface area contributed by atoms with Gasteiger partial charge in [-0.15, -0.1) is 0 Å². The molecule has 0 atom stereocenters. The highest BCUT2D eigenvalue weighted by Gasteiger charge is 2.20. The van der Waals surface area contributed by atoms with Gasteiger partial charge >= 0.3 is 0 Å². The molecule has 0 bridgehead atoms. The molecule has 0 aliphatic carbocycles. The number of para-hydroxylation sites is 1. The molecule has 0 radical (unpaired) electrons. The summed E-state index contributed by atoms with van der Waals surface area (Å²) in [7, 11) is 1.65. The topological polar surface area (TPSA) is 54.4 Å². The van der Waals surface area contributed by atoms with Crippen molar-refractivity contribution in [2.75, 3.05) is 38.2 Å². The number of nitrogens with zero attached hydrogens (tertiary/aromatic N) is 5. The van der Waals surface area contributed by atoms with Crippen molar-refractivity contribution in [1.82, 2.24) is 19.9 Å². The zero-order chi connectivity index (χ0) is 17.1. The monoisotopic (exact) mass is 335 g/mol. The van der Waals surface area contributed by atoms with Crippen molar-refractivity contribution in [3.8, 4) is 5.88 Å². The van der Waals surface area contributed by atoms with Gasteiger partial charge in [0.2, 0.25) is 5.88 Å². The zero-order valence-electron chi connectivity index (χ0n) is 14.3. The lowest BCUT2D eigenvalue weighted by Crippen LogP contribution is -2.46. The predicted octanol–water partition coefficient (Wildman–Crippen LogP) is 2.36. The highest BCUT2D eigenvalue weighted by Crippen LogP contribution is 2.23. The molecule has 3 aromatic rings. The maximum absolute atomic E-state index is 5.21. The Bertz CT molecular complexity index is 856. The summed E-state index contributed by atoms with van der Waals surface area (Å²) >= 11 is 0. The first-order chi connectivity index (χ1) is 12.3. The summed E-state index contributed by atoms with van der Waals surface area (Å²) in [6, 6.07) is 14.1. The van der Waals surface area contributed by atoms with E-state index in [2.05, 4.69) is 30.8 Å². The van der Waals surface area contributed by atoms with Crippen LogP contribution in [-0.4, -0.2) is 53.1 Å². The Morgan fingerprint density at radius 3 is 2.64 bits per heavy atom. The van der Waals surface area contributed by atoms with Gasteiger partial charge in [0.05, 0.1) is 18.3 Å². The van der Waals surface area contributed by atoms with Crippen molar-refractivity contribution < 1.29 is 4.74 Å². The lowest BCUT2D eigenvalue weighted by molar-refractivity contribution is 0.245. The maximum Gasteiger partial charge on any atom is 0.213 e. The second-order valence-electron chi connectivity index (χ2n) is 6.15. The van der Waals surface area contributed by atoms with Crippen molar-refractivity contribution in [2.45, 2.75) is 6.54 Å². The summed E-state index contributed by atoms with van der Waals surface area (Å²) in [6.45, 7) is 4.71. The van der Waals surface area contributed by atoms with Gasteiger partial charge < -0.3 is 9.64 Å². The van der Waals surface area contributed by atoms with E-state index in [1.165, 1.54) is 0 Å². The molecule has 0 spiro atoms. The quantitative estimate of drug-likeness (QED) is 0.729. The summed E-state index contributed by atoms with van der Waals surface area (Å²) in [6.07, 6.45) is 1.66. The first-order valence-electron chi connectivity index (χ1n) is 8.50. The Morgan fingerprint density at radius 2 is 1.80 bits per heavy atom. The lowest BCUT2D eigenvalue weighted by atomic mass is 10.2. The number of anilines is 1. The molecule has 4 rings (SSSR count). The summed E-state index contributed by atoms with van der Waals surface area (Å²) < 4.78 is 5.21. The lowest BCUT2D eigenvalue weighted by Gasteiger charge is -2.35. The zero-order valence-corrected chi connectivity index (χ0v) is 14.3. The Kier molecular flexibility index (Phi) is 4.43. The fourth-order valence-electron chi connectivity index (χ4n) is 3.25. The average Bonchev–Trinajstić information content (AvgIpc) is 2.68. The molecule has 0 amide bonds. The minimum absolute atomic E-state index is 0.670. The van der Waals surface area contributed by atoms with Gasteiger partial charge in [0.15, 0.2) is 0 Å². The van der Waals surface area contributed by atoms with Gasteiger partial charge in [-0.2, -0.15) is 0 Å². The largest absolute Gasteiger partial charge is 0.481 e. The Hall–Kier alpha value is -2.73. The smallest absolute Gasteiger partial charge is 0.213 e. The van der Waals surface area contributed by atoms with Gasteiger partial charge in [0.1, 0.15) is 12.1 Å². The molecule has 25 heavy (non-hydrogen) atoms. The molecular weight excluding hydrogens is 314 g/mol. The van der Waals surface area contributed by atoms with Gasteiger partial charge in [0.25, 0.3) is 0 Å². The van der Waals surface area contributed by atoms with Crippen LogP contribution in [0.1, 0.15) is 5.69 Å². The van der Waals surface area contributed by atoms with Crippen LogP contribution in [0.15, 0.2) is 48.8 Å². The maximum atomic E-state index is 5.21. The van der Waals surface area contributed by atoms with Crippen LogP contribution in [0.25, 0.3) is 10.9 Å². The van der Waals surface area contributed by atoms with E-state index in [1.807, 2.05) is 36.4 Å². The van der Waals surface area contributed by atoms with Gasteiger partial charge in [-0.3, -0.25) is 4.90 Å². The molecule has 1 aliphatic rings. The van der Waals surface area contributed by atoms with Gasteiger partial charge in [-0.05, 0) is 18.2 Å². The second-order valence-corrected chi connectivity index (χ2v) is 6.15. The van der Waals surface area contributed by atoms with Crippen molar-refractivity contribution in [2.24, 2.45) is 0 Å². The number of aromatic nitrogens is 3. The third kappa shape index (κ3) is 3.39.